The average molecular weight is 284 g/mol. The first-order chi connectivity index (χ1) is 8.48. The highest BCUT2D eigenvalue weighted by atomic mass is 32.1. The summed E-state index contributed by atoms with van der Waals surface area (Å²) < 4.78 is 0.749. The Morgan fingerprint density at radius 1 is 1.44 bits per heavy atom. The fourth-order valence-electron chi connectivity index (χ4n) is 2.59. The Balaban J connectivity index is 1.96. The second-order valence-corrected chi connectivity index (χ2v) is 7.18. The molecule has 5 heteroatoms. The van der Waals surface area contributed by atoms with E-state index < -0.39 is 0 Å². The Morgan fingerprint density at radius 2 is 2.11 bits per heavy atom. The van der Waals surface area contributed by atoms with Crippen LogP contribution in [0.25, 0.3) is 0 Å². The van der Waals surface area contributed by atoms with Gasteiger partial charge >= 0.3 is 0 Å². The Morgan fingerprint density at radius 3 is 2.67 bits per heavy atom. The fraction of sp³-hybridized carbons (Fsp3) is 0.692. The van der Waals surface area contributed by atoms with Crippen LogP contribution in [0, 0.1) is 10.9 Å². The Hall–Kier alpha value is -0.680. The third-order valence-electron chi connectivity index (χ3n) is 3.64. The fourth-order valence-corrected chi connectivity index (χ4v) is 3.88. The van der Waals surface area contributed by atoms with E-state index in [1.807, 2.05) is 6.92 Å². The van der Waals surface area contributed by atoms with Gasteiger partial charge in [-0.1, -0.05) is 19.3 Å². The molecule has 0 bridgehead atoms. The Labute approximate surface area is 117 Å². The molecule has 0 radical (unpaired) electrons. The van der Waals surface area contributed by atoms with Crippen LogP contribution in [0.5, 0.6) is 0 Å². The van der Waals surface area contributed by atoms with Crippen molar-refractivity contribution in [3.63, 3.8) is 0 Å². The van der Waals surface area contributed by atoms with Crippen LogP contribution >= 0.6 is 23.6 Å². The number of aryl methyl sites for hydroxylation is 1. The average Bonchev–Trinajstić information content (AvgIpc) is 2.57. The van der Waals surface area contributed by atoms with Crippen LogP contribution in [0.3, 0.4) is 0 Å². The summed E-state index contributed by atoms with van der Waals surface area (Å²) in [6.45, 7) is 4.13. The molecule has 1 aromatic heterocycles. The summed E-state index contributed by atoms with van der Waals surface area (Å²) in [6.07, 6.45) is 6.38. The number of amides is 1. The maximum atomic E-state index is 12.1. The highest BCUT2D eigenvalue weighted by Gasteiger charge is 2.28. The summed E-state index contributed by atoms with van der Waals surface area (Å²) >= 11 is 6.59. The summed E-state index contributed by atoms with van der Waals surface area (Å²) in [5.41, 5.74) is 1.02. The molecule has 0 spiro atoms. The van der Waals surface area contributed by atoms with Crippen molar-refractivity contribution in [2.75, 3.05) is 0 Å². The zero-order valence-corrected chi connectivity index (χ0v) is 12.6. The molecule has 1 amide bonds. The smallest absolute Gasteiger partial charge is 0.225 e. The molecular formula is C13H20N2OS2. The zero-order chi connectivity index (χ0) is 13.2. The Bertz CT molecular complexity index is 483. The first-order valence-corrected chi connectivity index (χ1v) is 7.71. The summed E-state index contributed by atoms with van der Waals surface area (Å²) in [6, 6.07) is 0. The quantitative estimate of drug-likeness (QED) is 0.834. The molecular weight excluding hydrogens is 264 g/mol. The Kier molecular flexibility index (Phi) is 4.22. The van der Waals surface area contributed by atoms with Crippen LogP contribution in [-0.4, -0.2) is 16.4 Å². The third-order valence-corrected chi connectivity index (χ3v) is 4.98. The van der Waals surface area contributed by atoms with E-state index >= 15 is 0 Å². The number of carbonyl (C=O) groups is 1. The molecule has 3 nitrogen and oxygen atoms in total. The van der Waals surface area contributed by atoms with Crippen LogP contribution in [0.1, 0.15) is 49.6 Å². The van der Waals surface area contributed by atoms with Gasteiger partial charge < -0.3 is 10.3 Å². The third kappa shape index (κ3) is 3.42. The van der Waals surface area contributed by atoms with Gasteiger partial charge in [0.25, 0.3) is 0 Å². The second kappa shape index (κ2) is 5.53. The highest BCUT2D eigenvalue weighted by Crippen LogP contribution is 2.27. The monoisotopic (exact) mass is 284 g/mol. The second-order valence-electron chi connectivity index (χ2n) is 5.41. The van der Waals surface area contributed by atoms with E-state index in [-0.39, 0.29) is 11.4 Å². The minimum Gasteiger partial charge on any atom is -0.351 e. The lowest BCUT2D eigenvalue weighted by Crippen LogP contribution is -2.47. The van der Waals surface area contributed by atoms with Gasteiger partial charge in [0.05, 0.1) is 6.42 Å². The van der Waals surface area contributed by atoms with Crippen molar-refractivity contribution in [1.82, 2.24) is 10.3 Å². The topological polar surface area (TPSA) is 44.9 Å². The van der Waals surface area contributed by atoms with E-state index in [2.05, 4.69) is 17.2 Å². The predicted molar refractivity (Wildman–Crippen MR) is 77.6 cm³/mol. The summed E-state index contributed by atoms with van der Waals surface area (Å²) in [7, 11) is 0. The van der Waals surface area contributed by atoms with Crippen molar-refractivity contribution in [1.29, 1.82) is 0 Å². The molecule has 2 rings (SSSR count). The van der Waals surface area contributed by atoms with E-state index in [1.165, 1.54) is 30.6 Å². The van der Waals surface area contributed by atoms with Gasteiger partial charge in [-0.05, 0) is 38.9 Å². The lowest BCUT2D eigenvalue weighted by atomic mass is 9.83. The molecule has 1 saturated carbocycles. The maximum absolute atomic E-state index is 12.1. The molecule has 100 valence electrons. The predicted octanol–water partition coefficient (Wildman–Crippen LogP) is 3.50. The van der Waals surface area contributed by atoms with Gasteiger partial charge in [-0.25, -0.2) is 0 Å². The van der Waals surface area contributed by atoms with E-state index in [0.717, 1.165) is 27.4 Å². The molecule has 1 aromatic rings. The van der Waals surface area contributed by atoms with Crippen LogP contribution in [0.4, 0.5) is 0 Å². The van der Waals surface area contributed by atoms with Crippen molar-refractivity contribution in [2.45, 2.75) is 57.9 Å². The number of hydrogen-bond acceptors (Lipinski definition) is 3. The molecule has 1 heterocycles. The van der Waals surface area contributed by atoms with Crippen molar-refractivity contribution < 1.29 is 4.79 Å². The molecule has 1 fully saturated rings. The van der Waals surface area contributed by atoms with Crippen molar-refractivity contribution in [3.8, 4) is 0 Å². The lowest BCUT2D eigenvalue weighted by molar-refractivity contribution is -0.122. The molecule has 0 unspecified atom stereocenters. The molecule has 1 aliphatic carbocycles. The standard InChI is InChI=1S/C13H20N2OS2/c1-9-10(18-12(17)14-9)8-11(16)15-13(2)6-4-3-5-7-13/h3-8H2,1-2H3,(H,14,17)(H,15,16). The van der Waals surface area contributed by atoms with E-state index in [0.29, 0.717) is 6.42 Å². The lowest BCUT2D eigenvalue weighted by Gasteiger charge is -2.34. The number of nitrogens with one attached hydrogen (secondary N) is 2. The van der Waals surface area contributed by atoms with Crippen molar-refractivity contribution in [3.05, 3.63) is 14.5 Å². The molecule has 2 N–H and O–H groups in total. The first-order valence-electron chi connectivity index (χ1n) is 6.48. The number of rotatable bonds is 3. The van der Waals surface area contributed by atoms with Crippen molar-refractivity contribution >= 4 is 29.5 Å². The molecule has 0 aliphatic heterocycles. The number of H-pyrrole nitrogens is 1. The maximum Gasteiger partial charge on any atom is 0.225 e. The number of aromatic amines is 1. The molecule has 1 aliphatic rings. The van der Waals surface area contributed by atoms with Crippen LogP contribution in [-0.2, 0) is 11.2 Å². The van der Waals surface area contributed by atoms with Gasteiger partial charge in [0.15, 0.2) is 3.95 Å². The normalized spacial score (nSPS) is 18.6. The van der Waals surface area contributed by atoms with Gasteiger partial charge in [0.2, 0.25) is 5.91 Å². The number of aromatic nitrogens is 1. The van der Waals surface area contributed by atoms with Gasteiger partial charge in [-0.15, -0.1) is 11.3 Å². The number of hydrogen-bond donors (Lipinski definition) is 2. The minimum absolute atomic E-state index is 0.000999. The summed E-state index contributed by atoms with van der Waals surface area (Å²) in [4.78, 5) is 16.2. The first kappa shape index (κ1) is 13.7. The molecule has 0 saturated heterocycles. The summed E-state index contributed by atoms with van der Waals surface area (Å²) in [5.74, 6) is 0.118. The van der Waals surface area contributed by atoms with Crippen LogP contribution in [0.15, 0.2) is 0 Å². The van der Waals surface area contributed by atoms with Crippen LogP contribution < -0.4 is 5.32 Å². The summed E-state index contributed by atoms with van der Waals surface area (Å²) in [5, 5.41) is 3.20. The van der Waals surface area contributed by atoms with E-state index in [9.17, 15) is 4.79 Å². The molecule has 0 aromatic carbocycles. The van der Waals surface area contributed by atoms with Gasteiger partial charge in [-0.3, -0.25) is 4.79 Å². The van der Waals surface area contributed by atoms with E-state index in [4.69, 9.17) is 12.2 Å². The van der Waals surface area contributed by atoms with Crippen LogP contribution in [0.2, 0.25) is 0 Å². The van der Waals surface area contributed by atoms with Crippen molar-refractivity contribution in [2.24, 2.45) is 0 Å². The van der Waals surface area contributed by atoms with Gasteiger partial charge in [0.1, 0.15) is 0 Å². The minimum atomic E-state index is 0.000999. The molecule has 0 atom stereocenters. The largest absolute Gasteiger partial charge is 0.351 e. The molecule has 18 heavy (non-hydrogen) atoms. The van der Waals surface area contributed by atoms with Gasteiger partial charge in [-0.2, -0.15) is 0 Å². The zero-order valence-electron chi connectivity index (χ0n) is 11.0. The highest BCUT2D eigenvalue weighted by molar-refractivity contribution is 7.73. The van der Waals surface area contributed by atoms with E-state index in [1.54, 1.807) is 0 Å². The number of carbonyl (C=O) groups excluding carboxylic acids is 1. The number of thiazole rings is 1. The van der Waals surface area contributed by atoms with Gasteiger partial charge in [0, 0.05) is 16.1 Å². The SMILES string of the molecule is Cc1[nH]c(=S)sc1CC(=O)NC1(C)CCCCC1.